The number of aromatic amines is 1. The van der Waals surface area contributed by atoms with E-state index in [4.69, 9.17) is 0 Å². The van der Waals surface area contributed by atoms with E-state index in [1.54, 1.807) is 18.6 Å². The molecule has 0 aliphatic heterocycles. The van der Waals surface area contributed by atoms with Crippen LogP contribution in [0.5, 0.6) is 0 Å². The highest BCUT2D eigenvalue weighted by atomic mass is 32.2. The molecule has 0 fully saturated rings. The minimum absolute atomic E-state index is 0.230. The highest BCUT2D eigenvalue weighted by Gasteiger charge is 2.14. The molecule has 4 aromatic rings. The molecule has 7 nitrogen and oxygen atoms in total. The van der Waals surface area contributed by atoms with Gasteiger partial charge in [0.2, 0.25) is 10.0 Å². The Morgan fingerprint density at radius 2 is 1.83 bits per heavy atom. The van der Waals surface area contributed by atoms with Crippen LogP contribution in [0.4, 0.5) is 5.69 Å². The molecule has 148 valence electrons. The molecular weight excluding hydrogens is 386 g/mol. The van der Waals surface area contributed by atoms with Crippen LogP contribution < -0.4 is 10.0 Å². The van der Waals surface area contributed by atoms with Crippen molar-refractivity contribution in [2.75, 3.05) is 18.1 Å². The predicted octanol–water partition coefficient (Wildman–Crippen LogP) is 3.33. The fraction of sp³-hybridized carbons (Fsp3) is 0.143. The topological polar surface area (TPSA) is 99.8 Å². The molecule has 8 heteroatoms. The van der Waals surface area contributed by atoms with Gasteiger partial charge < -0.3 is 5.32 Å². The molecule has 0 aliphatic carbocycles. The zero-order valence-corrected chi connectivity index (χ0v) is 16.6. The summed E-state index contributed by atoms with van der Waals surface area (Å²) in [4.78, 5) is 4.36. The number of benzene rings is 2. The van der Waals surface area contributed by atoms with E-state index in [9.17, 15) is 8.42 Å². The molecule has 1 unspecified atom stereocenters. The number of hydrogen-bond donors (Lipinski definition) is 3. The third kappa shape index (κ3) is 4.79. The molecule has 29 heavy (non-hydrogen) atoms. The van der Waals surface area contributed by atoms with Gasteiger partial charge in [-0.15, -0.1) is 0 Å². The summed E-state index contributed by atoms with van der Waals surface area (Å²) >= 11 is 0. The van der Waals surface area contributed by atoms with Gasteiger partial charge >= 0.3 is 0 Å². The van der Waals surface area contributed by atoms with Gasteiger partial charge in [0.05, 0.1) is 29.7 Å². The van der Waals surface area contributed by atoms with Crippen molar-refractivity contribution in [1.29, 1.82) is 0 Å². The van der Waals surface area contributed by atoms with Crippen molar-refractivity contribution in [3.05, 3.63) is 78.8 Å². The van der Waals surface area contributed by atoms with Crippen molar-refractivity contribution in [3.8, 4) is 11.1 Å². The number of pyridine rings is 1. The van der Waals surface area contributed by atoms with Gasteiger partial charge in [-0.05, 0) is 29.3 Å². The number of anilines is 1. The van der Waals surface area contributed by atoms with Gasteiger partial charge in [0, 0.05) is 29.9 Å². The van der Waals surface area contributed by atoms with Gasteiger partial charge in [-0.1, -0.05) is 36.4 Å². The number of fused-ring (bicyclic) bond motifs is 1. The van der Waals surface area contributed by atoms with Crippen LogP contribution in [-0.2, 0) is 10.0 Å². The Kier molecular flexibility index (Phi) is 5.28. The van der Waals surface area contributed by atoms with Crippen molar-refractivity contribution >= 4 is 26.6 Å². The zero-order valence-electron chi connectivity index (χ0n) is 15.8. The second kappa shape index (κ2) is 8.02. The van der Waals surface area contributed by atoms with E-state index < -0.39 is 10.0 Å². The Labute approximate surface area is 169 Å². The van der Waals surface area contributed by atoms with Gasteiger partial charge in [-0.25, -0.2) is 13.1 Å². The van der Waals surface area contributed by atoms with Crippen molar-refractivity contribution in [3.63, 3.8) is 0 Å². The van der Waals surface area contributed by atoms with Crippen molar-refractivity contribution < 1.29 is 8.42 Å². The summed E-state index contributed by atoms with van der Waals surface area (Å²) in [5, 5.41) is 11.4. The number of sulfonamides is 1. The average Bonchev–Trinajstić information content (AvgIpc) is 3.19. The summed E-state index contributed by atoms with van der Waals surface area (Å²) in [6.45, 7) is 0.230. The smallest absolute Gasteiger partial charge is 0.208 e. The lowest BCUT2D eigenvalue weighted by Gasteiger charge is -2.21. The van der Waals surface area contributed by atoms with E-state index in [1.807, 2.05) is 48.5 Å². The molecule has 0 amide bonds. The van der Waals surface area contributed by atoms with E-state index in [0.29, 0.717) is 0 Å². The van der Waals surface area contributed by atoms with Gasteiger partial charge in [0.25, 0.3) is 0 Å². The maximum atomic E-state index is 11.6. The molecule has 4 rings (SSSR count). The van der Waals surface area contributed by atoms with E-state index in [0.717, 1.165) is 39.5 Å². The number of hydrogen-bond acceptors (Lipinski definition) is 5. The second-order valence-corrected chi connectivity index (χ2v) is 8.70. The van der Waals surface area contributed by atoms with E-state index >= 15 is 0 Å². The third-order valence-electron chi connectivity index (χ3n) is 4.60. The van der Waals surface area contributed by atoms with Crippen molar-refractivity contribution in [1.82, 2.24) is 19.9 Å². The molecule has 0 aliphatic rings. The van der Waals surface area contributed by atoms with E-state index in [1.165, 1.54) is 0 Å². The molecule has 0 spiro atoms. The second-order valence-electron chi connectivity index (χ2n) is 6.86. The fourth-order valence-electron chi connectivity index (χ4n) is 3.17. The molecule has 0 saturated carbocycles. The predicted molar refractivity (Wildman–Crippen MR) is 115 cm³/mol. The minimum Gasteiger partial charge on any atom is -0.376 e. The molecule has 3 N–H and O–H groups in total. The molecule has 2 aromatic heterocycles. The largest absolute Gasteiger partial charge is 0.376 e. The lowest BCUT2D eigenvalue weighted by Crippen LogP contribution is -2.30. The van der Waals surface area contributed by atoms with Crippen LogP contribution in [0.25, 0.3) is 22.0 Å². The molecular formula is C21H21N5O2S. The number of nitrogens with zero attached hydrogens (tertiary/aromatic N) is 2. The Balaban J connectivity index is 1.61. The third-order valence-corrected chi connectivity index (χ3v) is 5.30. The summed E-state index contributed by atoms with van der Waals surface area (Å²) < 4.78 is 25.8. The van der Waals surface area contributed by atoms with Crippen molar-refractivity contribution in [2.24, 2.45) is 0 Å². The molecule has 1 atom stereocenters. The van der Waals surface area contributed by atoms with Crippen LogP contribution in [0.3, 0.4) is 0 Å². The van der Waals surface area contributed by atoms with E-state index in [-0.39, 0.29) is 12.6 Å². The quantitative estimate of drug-likeness (QED) is 0.436. The van der Waals surface area contributed by atoms with Gasteiger partial charge in [0.1, 0.15) is 0 Å². The maximum Gasteiger partial charge on any atom is 0.208 e. The first-order valence-electron chi connectivity index (χ1n) is 9.13. The molecule has 0 radical (unpaired) electrons. The Bertz CT molecular complexity index is 1220. The van der Waals surface area contributed by atoms with Crippen LogP contribution in [0.2, 0.25) is 0 Å². The first-order chi connectivity index (χ1) is 14.0. The standard InChI is InChI=1S/C21H21N5O2S/c1-29(27,28)24-14-21(15-5-3-2-4-6-15)25-19-10-17(11-22-13-19)16-7-8-20-18(9-16)12-23-26-20/h2-13,21,24-25H,14H2,1H3,(H,23,26). The molecule has 0 bridgehead atoms. The molecule has 2 heterocycles. The normalized spacial score (nSPS) is 12.7. The number of rotatable bonds is 7. The Hall–Kier alpha value is -3.23. The van der Waals surface area contributed by atoms with Gasteiger partial charge in [-0.2, -0.15) is 5.10 Å². The summed E-state index contributed by atoms with van der Waals surface area (Å²) in [5.41, 5.74) is 4.75. The van der Waals surface area contributed by atoms with Crippen LogP contribution >= 0.6 is 0 Å². The summed E-state index contributed by atoms with van der Waals surface area (Å²) in [5.74, 6) is 0. The lowest BCUT2D eigenvalue weighted by molar-refractivity contribution is 0.582. The van der Waals surface area contributed by atoms with Crippen molar-refractivity contribution in [2.45, 2.75) is 6.04 Å². The highest BCUT2D eigenvalue weighted by Crippen LogP contribution is 2.26. The number of aromatic nitrogens is 3. The highest BCUT2D eigenvalue weighted by molar-refractivity contribution is 7.88. The Morgan fingerprint density at radius 1 is 1.00 bits per heavy atom. The monoisotopic (exact) mass is 407 g/mol. The van der Waals surface area contributed by atoms with Crippen LogP contribution in [0.15, 0.2) is 73.2 Å². The molecule has 0 saturated heterocycles. The Morgan fingerprint density at radius 3 is 2.62 bits per heavy atom. The summed E-state index contributed by atoms with van der Waals surface area (Å²) in [6.07, 6.45) is 6.48. The minimum atomic E-state index is -3.30. The number of H-pyrrole nitrogens is 1. The average molecular weight is 407 g/mol. The number of nitrogens with one attached hydrogen (secondary N) is 3. The maximum absolute atomic E-state index is 11.6. The lowest BCUT2D eigenvalue weighted by atomic mass is 10.0. The fourth-order valence-corrected chi connectivity index (χ4v) is 3.64. The van der Waals surface area contributed by atoms with Gasteiger partial charge in [-0.3, -0.25) is 10.1 Å². The SMILES string of the molecule is CS(=O)(=O)NCC(Nc1cncc(-c2ccc3[nH]ncc3c2)c1)c1ccccc1. The summed E-state index contributed by atoms with van der Waals surface area (Å²) in [6, 6.07) is 17.5. The van der Waals surface area contributed by atoms with E-state index in [2.05, 4.69) is 31.3 Å². The van der Waals surface area contributed by atoms with Crippen LogP contribution in [0.1, 0.15) is 11.6 Å². The van der Waals surface area contributed by atoms with Gasteiger partial charge in [0.15, 0.2) is 0 Å². The van der Waals surface area contributed by atoms with Crippen LogP contribution in [-0.4, -0.2) is 36.4 Å². The summed E-state index contributed by atoms with van der Waals surface area (Å²) in [7, 11) is -3.30. The zero-order chi connectivity index (χ0) is 20.3. The molecule has 2 aromatic carbocycles. The first-order valence-corrected chi connectivity index (χ1v) is 11.0. The first kappa shape index (κ1) is 19.1. The van der Waals surface area contributed by atoms with Crippen LogP contribution in [0, 0.1) is 0 Å².